The van der Waals surface area contributed by atoms with Crippen molar-refractivity contribution in [3.8, 4) is 0 Å². The SMILES string of the molecule is CC(C)c1ccnc2c3c(ccc12)CN(C(C)C)CC3. The highest BCUT2D eigenvalue weighted by Crippen LogP contribution is 2.31. The zero-order chi connectivity index (χ0) is 14.3. The van der Waals surface area contributed by atoms with Gasteiger partial charge in [0.15, 0.2) is 0 Å². The van der Waals surface area contributed by atoms with E-state index in [1.807, 2.05) is 6.20 Å². The van der Waals surface area contributed by atoms with Crippen molar-refractivity contribution in [2.75, 3.05) is 6.54 Å². The molecular formula is C18H24N2. The number of pyridine rings is 1. The normalized spacial score (nSPS) is 16.1. The lowest BCUT2D eigenvalue weighted by atomic mass is 9.91. The van der Waals surface area contributed by atoms with Crippen LogP contribution in [-0.4, -0.2) is 22.5 Å². The number of benzene rings is 1. The largest absolute Gasteiger partial charge is 0.296 e. The lowest BCUT2D eigenvalue weighted by Crippen LogP contribution is -2.36. The van der Waals surface area contributed by atoms with Crippen LogP contribution in [0.4, 0.5) is 0 Å². The van der Waals surface area contributed by atoms with E-state index in [1.54, 1.807) is 0 Å². The van der Waals surface area contributed by atoms with Gasteiger partial charge in [0.05, 0.1) is 5.52 Å². The van der Waals surface area contributed by atoms with Crippen LogP contribution in [0.1, 0.15) is 50.3 Å². The van der Waals surface area contributed by atoms with E-state index in [1.165, 1.54) is 27.6 Å². The van der Waals surface area contributed by atoms with Gasteiger partial charge in [0, 0.05) is 30.7 Å². The van der Waals surface area contributed by atoms with E-state index in [4.69, 9.17) is 0 Å². The molecule has 1 aliphatic heterocycles. The van der Waals surface area contributed by atoms with E-state index in [0.29, 0.717) is 12.0 Å². The first-order chi connectivity index (χ1) is 9.58. The first-order valence-electron chi connectivity index (χ1n) is 7.71. The molecule has 2 heteroatoms. The molecule has 2 heterocycles. The summed E-state index contributed by atoms with van der Waals surface area (Å²) in [6.45, 7) is 11.3. The molecule has 2 aromatic rings. The predicted molar refractivity (Wildman–Crippen MR) is 85.1 cm³/mol. The molecule has 0 unspecified atom stereocenters. The summed E-state index contributed by atoms with van der Waals surface area (Å²) in [7, 11) is 0. The first kappa shape index (κ1) is 13.6. The zero-order valence-electron chi connectivity index (χ0n) is 13.0. The van der Waals surface area contributed by atoms with Gasteiger partial charge < -0.3 is 0 Å². The molecule has 2 nitrogen and oxygen atoms in total. The molecule has 0 aliphatic carbocycles. The summed E-state index contributed by atoms with van der Waals surface area (Å²) in [6, 6.07) is 7.39. The fourth-order valence-corrected chi connectivity index (χ4v) is 3.26. The van der Waals surface area contributed by atoms with Crippen LogP contribution in [-0.2, 0) is 13.0 Å². The van der Waals surface area contributed by atoms with Crippen molar-refractivity contribution in [3.05, 3.63) is 41.1 Å². The van der Waals surface area contributed by atoms with Crippen LogP contribution in [0.5, 0.6) is 0 Å². The number of nitrogens with zero attached hydrogens (tertiary/aromatic N) is 2. The van der Waals surface area contributed by atoms with E-state index < -0.39 is 0 Å². The standard InChI is InChI=1S/C18H24N2/c1-12(2)15-7-9-19-18-16-8-10-20(13(3)4)11-14(16)5-6-17(15)18/h5-7,9,12-13H,8,10-11H2,1-4H3. The van der Waals surface area contributed by atoms with Crippen molar-refractivity contribution in [1.29, 1.82) is 0 Å². The molecule has 0 N–H and O–H groups in total. The Morgan fingerprint density at radius 3 is 2.60 bits per heavy atom. The molecule has 0 saturated carbocycles. The van der Waals surface area contributed by atoms with Gasteiger partial charge in [0.1, 0.15) is 0 Å². The Morgan fingerprint density at radius 1 is 1.10 bits per heavy atom. The van der Waals surface area contributed by atoms with Gasteiger partial charge in [-0.1, -0.05) is 26.0 Å². The Bertz CT molecular complexity index is 629. The Kier molecular flexibility index (Phi) is 3.51. The summed E-state index contributed by atoms with van der Waals surface area (Å²) < 4.78 is 0. The van der Waals surface area contributed by atoms with Crippen LogP contribution >= 0.6 is 0 Å². The van der Waals surface area contributed by atoms with E-state index in [9.17, 15) is 0 Å². The van der Waals surface area contributed by atoms with Crippen molar-refractivity contribution < 1.29 is 0 Å². The number of rotatable bonds is 2. The minimum atomic E-state index is 0.550. The number of fused-ring (bicyclic) bond motifs is 3. The van der Waals surface area contributed by atoms with Gasteiger partial charge >= 0.3 is 0 Å². The molecule has 0 spiro atoms. The summed E-state index contributed by atoms with van der Waals surface area (Å²) in [5.74, 6) is 0.550. The molecule has 20 heavy (non-hydrogen) atoms. The second-order valence-electron chi connectivity index (χ2n) is 6.47. The molecule has 1 aliphatic rings. The Hall–Kier alpha value is -1.41. The second-order valence-corrected chi connectivity index (χ2v) is 6.47. The van der Waals surface area contributed by atoms with Crippen molar-refractivity contribution in [2.45, 2.75) is 52.6 Å². The molecule has 1 aromatic heterocycles. The molecule has 0 bridgehead atoms. The molecular weight excluding hydrogens is 244 g/mol. The van der Waals surface area contributed by atoms with Crippen LogP contribution in [0.15, 0.2) is 24.4 Å². The summed E-state index contributed by atoms with van der Waals surface area (Å²) in [5.41, 5.74) is 5.59. The van der Waals surface area contributed by atoms with E-state index >= 15 is 0 Å². The monoisotopic (exact) mass is 268 g/mol. The lowest BCUT2D eigenvalue weighted by molar-refractivity contribution is 0.204. The number of hydrogen-bond acceptors (Lipinski definition) is 2. The third-order valence-electron chi connectivity index (χ3n) is 4.52. The van der Waals surface area contributed by atoms with Crippen molar-refractivity contribution in [2.24, 2.45) is 0 Å². The van der Waals surface area contributed by atoms with Crippen LogP contribution < -0.4 is 0 Å². The predicted octanol–water partition coefficient (Wildman–Crippen LogP) is 4.12. The highest BCUT2D eigenvalue weighted by molar-refractivity contribution is 5.86. The van der Waals surface area contributed by atoms with Crippen LogP contribution in [0.2, 0.25) is 0 Å². The van der Waals surface area contributed by atoms with Crippen LogP contribution in [0, 0.1) is 0 Å². The quantitative estimate of drug-likeness (QED) is 0.814. The van der Waals surface area contributed by atoms with Crippen molar-refractivity contribution in [3.63, 3.8) is 0 Å². The van der Waals surface area contributed by atoms with Gasteiger partial charge in [-0.25, -0.2) is 0 Å². The maximum Gasteiger partial charge on any atom is 0.0740 e. The van der Waals surface area contributed by atoms with Gasteiger partial charge in [0.2, 0.25) is 0 Å². The van der Waals surface area contributed by atoms with Gasteiger partial charge in [-0.3, -0.25) is 9.88 Å². The third-order valence-corrected chi connectivity index (χ3v) is 4.52. The van der Waals surface area contributed by atoms with Gasteiger partial charge in [-0.2, -0.15) is 0 Å². The summed E-state index contributed by atoms with van der Waals surface area (Å²) in [4.78, 5) is 7.23. The highest BCUT2D eigenvalue weighted by Gasteiger charge is 2.21. The molecule has 0 radical (unpaired) electrons. The molecule has 0 amide bonds. The minimum Gasteiger partial charge on any atom is -0.296 e. The van der Waals surface area contributed by atoms with Crippen molar-refractivity contribution >= 4 is 10.9 Å². The van der Waals surface area contributed by atoms with E-state index in [-0.39, 0.29) is 0 Å². The van der Waals surface area contributed by atoms with E-state index in [2.05, 4.69) is 55.8 Å². The summed E-state index contributed by atoms with van der Waals surface area (Å²) in [6.07, 6.45) is 3.10. The molecule has 0 atom stereocenters. The molecule has 1 aromatic carbocycles. The van der Waals surface area contributed by atoms with Gasteiger partial charge in [0.25, 0.3) is 0 Å². The smallest absolute Gasteiger partial charge is 0.0740 e. The third kappa shape index (κ3) is 2.22. The topological polar surface area (TPSA) is 16.1 Å². The fourth-order valence-electron chi connectivity index (χ4n) is 3.26. The zero-order valence-corrected chi connectivity index (χ0v) is 13.0. The molecule has 106 valence electrons. The first-order valence-corrected chi connectivity index (χ1v) is 7.71. The van der Waals surface area contributed by atoms with Gasteiger partial charge in [-0.05, 0) is 48.9 Å². The molecule has 3 rings (SSSR count). The number of hydrogen-bond donors (Lipinski definition) is 0. The highest BCUT2D eigenvalue weighted by atomic mass is 15.1. The number of aromatic nitrogens is 1. The fraction of sp³-hybridized carbons (Fsp3) is 0.500. The van der Waals surface area contributed by atoms with Crippen LogP contribution in [0.3, 0.4) is 0 Å². The summed E-state index contributed by atoms with van der Waals surface area (Å²) >= 11 is 0. The van der Waals surface area contributed by atoms with Crippen LogP contribution in [0.25, 0.3) is 10.9 Å². The Morgan fingerprint density at radius 2 is 1.90 bits per heavy atom. The molecule has 0 saturated heterocycles. The van der Waals surface area contributed by atoms with E-state index in [0.717, 1.165) is 19.5 Å². The minimum absolute atomic E-state index is 0.550. The second kappa shape index (κ2) is 5.17. The maximum atomic E-state index is 4.69. The average Bonchev–Trinajstić information content (AvgIpc) is 2.45. The summed E-state index contributed by atoms with van der Waals surface area (Å²) in [5, 5.41) is 1.35. The van der Waals surface area contributed by atoms with Crippen molar-refractivity contribution in [1.82, 2.24) is 9.88 Å². The maximum absolute atomic E-state index is 4.69. The van der Waals surface area contributed by atoms with Gasteiger partial charge in [-0.15, -0.1) is 0 Å². The lowest BCUT2D eigenvalue weighted by Gasteiger charge is -2.32. The average molecular weight is 268 g/mol. The Labute approximate surface area is 121 Å². The Balaban J connectivity index is 2.12. The molecule has 0 fully saturated rings.